The molecular formula is C17H25NO3. The van der Waals surface area contributed by atoms with E-state index in [9.17, 15) is 0 Å². The predicted octanol–water partition coefficient (Wildman–Crippen LogP) is 3.44. The Morgan fingerprint density at radius 1 is 1.29 bits per heavy atom. The predicted molar refractivity (Wildman–Crippen MR) is 83.8 cm³/mol. The van der Waals surface area contributed by atoms with Gasteiger partial charge in [0.2, 0.25) is 0 Å². The van der Waals surface area contributed by atoms with Crippen molar-refractivity contribution >= 4 is 0 Å². The van der Waals surface area contributed by atoms with Crippen LogP contribution < -0.4 is 14.8 Å². The zero-order valence-electron chi connectivity index (χ0n) is 13.1. The lowest BCUT2D eigenvalue weighted by Gasteiger charge is -2.26. The molecule has 0 spiro atoms. The van der Waals surface area contributed by atoms with Crippen LogP contribution >= 0.6 is 0 Å². The van der Waals surface area contributed by atoms with Gasteiger partial charge < -0.3 is 19.5 Å². The van der Waals surface area contributed by atoms with Gasteiger partial charge >= 0.3 is 0 Å². The van der Waals surface area contributed by atoms with E-state index in [1.807, 2.05) is 18.4 Å². The van der Waals surface area contributed by atoms with Crippen LogP contribution in [0.1, 0.15) is 37.8 Å². The van der Waals surface area contributed by atoms with Crippen molar-refractivity contribution in [3.63, 3.8) is 0 Å². The molecule has 4 heteroatoms. The second-order valence-corrected chi connectivity index (χ2v) is 5.16. The molecule has 1 heterocycles. The molecule has 1 aliphatic heterocycles. The quantitative estimate of drug-likeness (QED) is 0.835. The first kappa shape index (κ1) is 15.7. The molecule has 1 aliphatic rings. The molecule has 0 amide bonds. The number of ether oxygens (including phenoxy) is 3. The van der Waals surface area contributed by atoms with E-state index in [4.69, 9.17) is 14.2 Å². The third kappa shape index (κ3) is 3.91. The Morgan fingerprint density at radius 3 is 2.76 bits per heavy atom. The van der Waals surface area contributed by atoms with Crippen molar-refractivity contribution in [2.45, 2.75) is 32.2 Å². The summed E-state index contributed by atoms with van der Waals surface area (Å²) in [7, 11) is 3.36. The van der Waals surface area contributed by atoms with E-state index in [0.29, 0.717) is 0 Å². The number of hydrogen-bond acceptors (Lipinski definition) is 4. The molecule has 0 aliphatic carbocycles. The first-order chi connectivity index (χ1) is 10.3. The van der Waals surface area contributed by atoms with Crippen molar-refractivity contribution in [3.05, 3.63) is 35.6 Å². The van der Waals surface area contributed by atoms with Crippen molar-refractivity contribution in [3.8, 4) is 11.5 Å². The molecule has 1 unspecified atom stereocenters. The minimum atomic E-state index is 0.131. The Bertz CT molecular complexity index is 485. The molecule has 0 bridgehead atoms. The maximum absolute atomic E-state index is 5.55. The van der Waals surface area contributed by atoms with E-state index in [1.54, 1.807) is 14.2 Å². The van der Waals surface area contributed by atoms with Crippen LogP contribution in [0.2, 0.25) is 0 Å². The summed E-state index contributed by atoms with van der Waals surface area (Å²) in [6.45, 7) is 3.93. The van der Waals surface area contributed by atoms with Crippen LogP contribution in [0, 0.1) is 0 Å². The molecule has 4 nitrogen and oxygen atoms in total. The molecule has 0 radical (unpaired) electrons. The minimum absolute atomic E-state index is 0.131. The van der Waals surface area contributed by atoms with Crippen LogP contribution in [0.25, 0.3) is 0 Å². The summed E-state index contributed by atoms with van der Waals surface area (Å²) in [6.07, 6.45) is 5.11. The van der Waals surface area contributed by atoms with Crippen molar-refractivity contribution in [1.82, 2.24) is 5.32 Å². The Morgan fingerprint density at radius 2 is 2.14 bits per heavy atom. The van der Waals surface area contributed by atoms with Gasteiger partial charge in [0.15, 0.2) is 0 Å². The molecule has 1 N–H and O–H groups in total. The van der Waals surface area contributed by atoms with Crippen LogP contribution in [0.3, 0.4) is 0 Å². The molecule has 1 aromatic rings. The number of nitrogens with one attached hydrogen (secondary N) is 1. The molecule has 0 fully saturated rings. The van der Waals surface area contributed by atoms with Crippen molar-refractivity contribution in [1.29, 1.82) is 0 Å². The Balaban J connectivity index is 2.33. The summed E-state index contributed by atoms with van der Waals surface area (Å²) in [5, 5.41) is 3.60. The highest BCUT2D eigenvalue weighted by atomic mass is 16.5. The highest BCUT2D eigenvalue weighted by Crippen LogP contribution is 2.35. The summed E-state index contributed by atoms with van der Waals surface area (Å²) >= 11 is 0. The highest BCUT2D eigenvalue weighted by molar-refractivity contribution is 5.45. The Labute approximate surface area is 127 Å². The van der Waals surface area contributed by atoms with Gasteiger partial charge in [0.25, 0.3) is 0 Å². The van der Waals surface area contributed by atoms with Gasteiger partial charge in [0, 0.05) is 11.6 Å². The summed E-state index contributed by atoms with van der Waals surface area (Å²) in [4.78, 5) is 0. The fourth-order valence-electron chi connectivity index (χ4n) is 2.58. The van der Waals surface area contributed by atoms with E-state index in [2.05, 4.69) is 18.3 Å². The fourth-order valence-corrected chi connectivity index (χ4v) is 2.58. The Kier molecular flexibility index (Phi) is 5.93. The molecular weight excluding hydrogens is 266 g/mol. The molecule has 1 atom stereocenters. The summed E-state index contributed by atoms with van der Waals surface area (Å²) in [6, 6.07) is 6.11. The lowest BCUT2D eigenvalue weighted by atomic mass is 9.94. The SMILES string of the molecule is CCCNC(C1=COCCC1)c1ccc(OC)cc1OC. The van der Waals surface area contributed by atoms with Gasteiger partial charge in [-0.25, -0.2) is 0 Å². The van der Waals surface area contributed by atoms with Crippen LogP contribution in [0.15, 0.2) is 30.0 Å². The minimum Gasteiger partial charge on any atom is -0.501 e. The number of benzene rings is 1. The second-order valence-electron chi connectivity index (χ2n) is 5.16. The third-order valence-electron chi connectivity index (χ3n) is 3.68. The van der Waals surface area contributed by atoms with Crippen molar-refractivity contribution in [2.24, 2.45) is 0 Å². The van der Waals surface area contributed by atoms with Crippen LogP contribution in [-0.4, -0.2) is 27.4 Å². The molecule has 0 saturated carbocycles. The van der Waals surface area contributed by atoms with E-state index in [-0.39, 0.29) is 6.04 Å². The topological polar surface area (TPSA) is 39.7 Å². The number of methoxy groups -OCH3 is 2. The average molecular weight is 291 g/mol. The van der Waals surface area contributed by atoms with Crippen LogP contribution in [-0.2, 0) is 4.74 Å². The third-order valence-corrected chi connectivity index (χ3v) is 3.68. The van der Waals surface area contributed by atoms with E-state index >= 15 is 0 Å². The first-order valence-electron chi connectivity index (χ1n) is 7.56. The zero-order chi connectivity index (χ0) is 15.1. The number of rotatable bonds is 7. The zero-order valence-corrected chi connectivity index (χ0v) is 13.1. The van der Waals surface area contributed by atoms with Gasteiger partial charge in [-0.3, -0.25) is 0 Å². The molecule has 0 saturated heterocycles. The molecule has 2 rings (SSSR count). The van der Waals surface area contributed by atoms with Gasteiger partial charge in [0.05, 0.1) is 33.1 Å². The van der Waals surface area contributed by atoms with Crippen LogP contribution in [0.4, 0.5) is 0 Å². The summed E-state index contributed by atoms with van der Waals surface area (Å²) in [5.41, 5.74) is 2.40. The van der Waals surface area contributed by atoms with Crippen LogP contribution in [0.5, 0.6) is 11.5 Å². The van der Waals surface area contributed by atoms with E-state index < -0.39 is 0 Å². The molecule has 116 valence electrons. The standard InChI is InChI=1S/C17H25NO3/c1-4-9-18-17(13-6-5-10-21-12-13)15-8-7-14(19-2)11-16(15)20-3/h7-8,11-12,17-18H,4-6,9-10H2,1-3H3. The van der Waals surface area contributed by atoms with Crippen molar-refractivity contribution in [2.75, 3.05) is 27.4 Å². The lowest BCUT2D eigenvalue weighted by Crippen LogP contribution is -2.25. The molecule has 1 aromatic carbocycles. The normalized spacial score (nSPS) is 15.9. The van der Waals surface area contributed by atoms with Gasteiger partial charge in [-0.2, -0.15) is 0 Å². The maximum Gasteiger partial charge on any atom is 0.127 e. The smallest absolute Gasteiger partial charge is 0.127 e. The maximum atomic E-state index is 5.55. The lowest BCUT2D eigenvalue weighted by molar-refractivity contribution is 0.219. The fraction of sp³-hybridized carbons (Fsp3) is 0.529. The average Bonchev–Trinajstić information content (AvgIpc) is 2.56. The van der Waals surface area contributed by atoms with Gasteiger partial charge in [0.1, 0.15) is 11.5 Å². The summed E-state index contributed by atoms with van der Waals surface area (Å²) in [5.74, 6) is 1.65. The molecule has 21 heavy (non-hydrogen) atoms. The number of hydrogen-bond donors (Lipinski definition) is 1. The van der Waals surface area contributed by atoms with Gasteiger partial charge in [-0.1, -0.05) is 6.92 Å². The van der Waals surface area contributed by atoms with Crippen molar-refractivity contribution < 1.29 is 14.2 Å². The van der Waals surface area contributed by atoms with E-state index in [0.717, 1.165) is 49.5 Å². The summed E-state index contributed by atoms with van der Waals surface area (Å²) < 4.78 is 16.3. The van der Waals surface area contributed by atoms with Gasteiger partial charge in [-0.05, 0) is 43.5 Å². The highest BCUT2D eigenvalue weighted by Gasteiger charge is 2.22. The largest absolute Gasteiger partial charge is 0.501 e. The molecule has 0 aromatic heterocycles. The second kappa shape index (κ2) is 7.93. The van der Waals surface area contributed by atoms with Gasteiger partial charge in [-0.15, -0.1) is 0 Å². The Hall–Kier alpha value is -1.68. The van der Waals surface area contributed by atoms with E-state index in [1.165, 1.54) is 5.57 Å². The first-order valence-corrected chi connectivity index (χ1v) is 7.56. The monoisotopic (exact) mass is 291 g/mol.